The van der Waals surface area contributed by atoms with Crippen molar-refractivity contribution in [2.45, 2.75) is 64.2 Å². The van der Waals surface area contributed by atoms with Crippen LogP contribution in [0, 0.1) is 6.92 Å². The van der Waals surface area contributed by atoms with Crippen molar-refractivity contribution in [3.63, 3.8) is 0 Å². The summed E-state index contributed by atoms with van der Waals surface area (Å²) in [6.45, 7) is 9.32. The minimum absolute atomic E-state index is 0.0855. The summed E-state index contributed by atoms with van der Waals surface area (Å²) in [6.07, 6.45) is 4.31. The van der Waals surface area contributed by atoms with E-state index in [9.17, 15) is 0 Å². The molecule has 5 rings (SSSR count). The Morgan fingerprint density at radius 2 is 1.12 bits per heavy atom. The molecular formula is C34H36. The van der Waals surface area contributed by atoms with Crippen LogP contribution in [0.1, 0.15) is 67.0 Å². The molecule has 0 nitrogen and oxygen atoms in total. The topological polar surface area (TPSA) is 0 Å². The summed E-state index contributed by atoms with van der Waals surface area (Å²) in [7, 11) is 0. The molecule has 0 amide bonds. The first-order valence-electron chi connectivity index (χ1n) is 12.8. The highest BCUT2D eigenvalue weighted by Crippen LogP contribution is 2.53. The Hall–Kier alpha value is -3.12. The monoisotopic (exact) mass is 444 g/mol. The van der Waals surface area contributed by atoms with Crippen LogP contribution in [0.15, 0.2) is 97.1 Å². The summed E-state index contributed by atoms with van der Waals surface area (Å²) in [5, 5.41) is 0. The molecule has 0 heteroatoms. The summed E-state index contributed by atoms with van der Waals surface area (Å²) in [4.78, 5) is 0. The van der Waals surface area contributed by atoms with Crippen LogP contribution in [0.5, 0.6) is 0 Å². The second kappa shape index (κ2) is 8.91. The Bertz CT molecular complexity index is 1230. The molecule has 1 aliphatic carbocycles. The molecule has 0 N–H and O–H groups in total. The van der Waals surface area contributed by atoms with E-state index in [1.807, 2.05) is 0 Å². The van der Waals surface area contributed by atoms with Crippen LogP contribution < -0.4 is 0 Å². The fraction of sp³-hybridized carbons (Fsp3) is 0.294. The summed E-state index contributed by atoms with van der Waals surface area (Å²) < 4.78 is 0. The molecule has 172 valence electrons. The van der Waals surface area contributed by atoms with Crippen LogP contribution in [0.4, 0.5) is 0 Å². The van der Waals surface area contributed by atoms with E-state index in [2.05, 4.69) is 125 Å². The van der Waals surface area contributed by atoms with E-state index < -0.39 is 0 Å². The number of hydrogen-bond donors (Lipinski definition) is 0. The van der Waals surface area contributed by atoms with Crippen molar-refractivity contribution in [2.75, 3.05) is 0 Å². The molecule has 0 unspecified atom stereocenters. The van der Waals surface area contributed by atoms with Crippen LogP contribution >= 0.6 is 0 Å². The molecule has 0 spiro atoms. The van der Waals surface area contributed by atoms with E-state index in [-0.39, 0.29) is 10.8 Å². The lowest BCUT2D eigenvalue weighted by Gasteiger charge is -2.35. The Balaban J connectivity index is 1.79. The highest BCUT2D eigenvalue weighted by Gasteiger charge is 2.44. The maximum atomic E-state index is 2.57. The van der Waals surface area contributed by atoms with Gasteiger partial charge in [0.2, 0.25) is 0 Å². The molecule has 0 saturated carbocycles. The van der Waals surface area contributed by atoms with Gasteiger partial charge in [0.05, 0.1) is 0 Å². The van der Waals surface area contributed by atoms with E-state index in [0.717, 1.165) is 25.7 Å². The molecule has 0 radical (unpaired) electrons. The third-order valence-electron chi connectivity index (χ3n) is 8.47. The maximum Gasteiger partial charge on any atom is 0.0295 e. The van der Waals surface area contributed by atoms with Crippen molar-refractivity contribution in [3.8, 4) is 11.1 Å². The molecule has 4 aromatic rings. The van der Waals surface area contributed by atoms with Crippen LogP contribution in [0.25, 0.3) is 11.1 Å². The molecule has 34 heavy (non-hydrogen) atoms. The Kier molecular flexibility index (Phi) is 5.94. The molecule has 0 saturated heterocycles. The van der Waals surface area contributed by atoms with Crippen molar-refractivity contribution in [1.29, 1.82) is 0 Å². The van der Waals surface area contributed by atoms with Crippen molar-refractivity contribution in [1.82, 2.24) is 0 Å². The first-order valence-corrected chi connectivity index (χ1v) is 12.8. The smallest absolute Gasteiger partial charge is 0.0295 e. The number of aryl methyl sites for hydroxylation is 1. The predicted octanol–water partition coefficient (Wildman–Crippen LogP) is 8.82. The van der Waals surface area contributed by atoms with Gasteiger partial charge < -0.3 is 0 Å². The molecule has 0 aromatic heterocycles. The fourth-order valence-corrected chi connectivity index (χ4v) is 5.97. The molecule has 0 fully saturated rings. The highest BCUT2D eigenvalue weighted by atomic mass is 14.5. The largest absolute Gasteiger partial charge is 0.0645 e. The van der Waals surface area contributed by atoms with Crippen molar-refractivity contribution < 1.29 is 0 Å². The summed E-state index contributed by atoms with van der Waals surface area (Å²) in [6, 6.07) is 36.7. The van der Waals surface area contributed by atoms with Gasteiger partial charge in [-0.25, -0.2) is 0 Å². The quantitative estimate of drug-likeness (QED) is 0.267. The predicted molar refractivity (Wildman–Crippen MR) is 146 cm³/mol. The van der Waals surface area contributed by atoms with Gasteiger partial charge in [0.1, 0.15) is 0 Å². The number of fused-ring (bicyclic) bond motifs is 3. The van der Waals surface area contributed by atoms with E-state index in [0.29, 0.717) is 0 Å². The molecule has 0 heterocycles. The second-order valence-corrected chi connectivity index (χ2v) is 10.5. The van der Waals surface area contributed by atoms with Crippen LogP contribution in [-0.2, 0) is 23.7 Å². The zero-order valence-electron chi connectivity index (χ0n) is 21.1. The second-order valence-electron chi connectivity index (χ2n) is 10.5. The van der Waals surface area contributed by atoms with Crippen molar-refractivity contribution in [2.24, 2.45) is 0 Å². The first kappa shape index (κ1) is 22.7. The van der Waals surface area contributed by atoms with Gasteiger partial charge in [0.15, 0.2) is 0 Å². The van der Waals surface area contributed by atoms with Crippen LogP contribution in [0.2, 0.25) is 0 Å². The molecule has 0 atom stereocenters. The van der Waals surface area contributed by atoms with E-state index in [1.54, 1.807) is 0 Å². The third-order valence-corrected chi connectivity index (χ3v) is 8.47. The highest BCUT2D eigenvalue weighted by molar-refractivity contribution is 5.82. The normalized spacial score (nSPS) is 14.0. The first-order chi connectivity index (χ1) is 16.5. The van der Waals surface area contributed by atoms with Gasteiger partial charge in [-0.1, -0.05) is 123 Å². The standard InChI is InChI=1S/C34H36/c1-5-33(4,6-2)28-18-20-30-29-19-17-25(3)21-31(29)34(32(30)22-28,23-26-13-9-7-10-14-26)24-27-15-11-8-12-16-27/h7-22H,5-6,23-24H2,1-4H3. The average molecular weight is 445 g/mol. The molecule has 4 aromatic carbocycles. The van der Waals surface area contributed by atoms with Gasteiger partial charge in [-0.15, -0.1) is 0 Å². The van der Waals surface area contributed by atoms with Gasteiger partial charge in [-0.2, -0.15) is 0 Å². The number of hydrogen-bond acceptors (Lipinski definition) is 0. The van der Waals surface area contributed by atoms with Gasteiger partial charge in [0, 0.05) is 5.41 Å². The summed E-state index contributed by atoms with van der Waals surface area (Å²) in [5.41, 5.74) is 11.6. The zero-order valence-corrected chi connectivity index (χ0v) is 21.1. The van der Waals surface area contributed by atoms with Crippen molar-refractivity contribution >= 4 is 0 Å². The SMILES string of the molecule is CCC(C)(CC)c1ccc2c(c1)C(Cc1ccccc1)(Cc1ccccc1)c1cc(C)ccc1-2. The van der Waals surface area contributed by atoms with Crippen LogP contribution in [-0.4, -0.2) is 0 Å². The Labute approximate surface area is 205 Å². The average Bonchev–Trinajstić information content (AvgIpc) is 3.13. The number of benzene rings is 4. The summed E-state index contributed by atoms with van der Waals surface area (Å²) >= 11 is 0. The Morgan fingerprint density at radius 1 is 0.618 bits per heavy atom. The summed E-state index contributed by atoms with van der Waals surface area (Å²) in [5.74, 6) is 0. The maximum absolute atomic E-state index is 2.57. The van der Waals surface area contributed by atoms with E-state index in [1.165, 1.54) is 44.5 Å². The zero-order chi connectivity index (χ0) is 23.8. The third kappa shape index (κ3) is 3.80. The van der Waals surface area contributed by atoms with Gasteiger partial charge in [0.25, 0.3) is 0 Å². The van der Waals surface area contributed by atoms with Gasteiger partial charge in [-0.05, 0) is 77.0 Å². The van der Waals surface area contributed by atoms with E-state index >= 15 is 0 Å². The van der Waals surface area contributed by atoms with E-state index in [4.69, 9.17) is 0 Å². The lowest BCUT2D eigenvalue weighted by Crippen LogP contribution is -2.32. The van der Waals surface area contributed by atoms with Gasteiger partial charge in [-0.3, -0.25) is 0 Å². The minimum Gasteiger partial charge on any atom is -0.0645 e. The fourth-order valence-electron chi connectivity index (χ4n) is 5.97. The molecule has 0 aliphatic heterocycles. The van der Waals surface area contributed by atoms with Crippen LogP contribution in [0.3, 0.4) is 0 Å². The lowest BCUT2D eigenvalue weighted by atomic mass is 9.68. The van der Waals surface area contributed by atoms with Crippen molar-refractivity contribution in [3.05, 3.63) is 130 Å². The number of rotatable bonds is 7. The molecular weight excluding hydrogens is 408 g/mol. The van der Waals surface area contributed by atoms with Gasteiger partial charge >= 0.3 is 0 Å². The lowest BCUT2D eigenvalue weighted by molar-refractivity contribution is 0.436. The molecule has 1 aliphatic rings. The Morgan fingerprint density at radius 3 is 1.65 bits per heavy atom. The minimum atomic E-state index is -0.0855. The molecule has 0 bridgehead atoms.